The summed E-state index contributed by atoms with van der Waals surface area (Å²) in [6.45, 7) is 2.79. The van der Waals surface area contributed by atoms with Crippen LogP contribution in [0.4, 0.5) is 0 Å². The number of phenols is 1. The Labute approximate surface area is 66.8 Å². The van der Waals surface area contributed by atoms with Crippen LogP contribution >= 0.6 is 0 Å². The van der Waals surface area contributed by atoms with Gasteiger partial charge in [-0.05, 0) is 12.1 Å². The van der Waals surface area contributed by atoms with Crippen molar-refractivity contribution in [3.8, 4) is 5.75 Å². The molecule has 0 fully saturated rings. The zero-order chi connectivity index (χ0) is 8.53. The molecule has 0 amide bonds. The van der Waals surface area contributed by atoms with Gasteiger partial charge in [-0.1, -0.05) is 25.1 Å². The molecule has 0 aliphatic heterocycles. The van der Waals surface area contributed by atoms with Crippen molar-refractivity contribution in [3.63, 3.8) is 0 Å². The second-order valence-electron chi connectivity index (χ2n) is 1.89. The van der Waals surface area contributed by atoms with E-state index in [0.29, 0.717) is 5.75 Å². The number of rotatable bonds is 1. The zero-order valence-corrected chi connectivity index (χ0v) is 6.62. The summed E-state index contributed by atoms with van der Waals surface area (Å²) < 4.78 is 0. The third kappa shape index (κ3) is 6.83. The van der Waals surface area contributed by atoms with Gasteiger partial charge in [0.25, 0.3) is 0 Å². The van der Waals surface area contributed by atoms with Crippen LogP contribution in [0.2, 0.25) is 0 Å². The monoisotopic (exact) mass is 154 g/mol. The minimum atomic E-state index is 0.322. The van der Waals surface area contributed by atoms with Gasteiger partial charge in [0.2, 0.25) is 0 Å². The van der Waals surface area contributed by atoms with E-state index in [-0.39, 0.29) is 0 Å². The number of hydrazine groups is 1. The second-order valence-corrected chi connectivity index (χ2v) is 1.89. The van der Waals surface area contributed by atoms with Crippen molar-refractivity contribution in [2.24, 2.45) is 5.84 Å². The number of nitrogens with two attached hydrogens (primary N) is 1. The van der Waals surface area contributed by atoms with E-state index in [2.05, 4.69) is 5.43 Å². The molecule has 0 spiro atoms. The number of hydrogen-bond donors (Lipinski definition) is 3. The summed E-state index contributed by atoms with van der Waals surface area (Å²) in [6, 6.07) is 8.71. The first kappa shape index (κ1) is 9.94. The molecule has 0 radical (unpaired) electrons. The first-order chi connectivity index (χ1) is 5.31. The predicted molar refractivity (Wildman–Crippen MR) is 46.0 cm³/mol. The first-order valence-corrected chi connectivity index (χ1v) is 3.48. The van der Waals surface area contributed by atoms with E-state index in [1.54, 1.807) is 24.3 Å². The second kappa shape index (κ2) is 7.05. The maximum atomic E-state index is 8.63. The fourth-order valence-electron chi connectivity index (χ4n) is 0.428. The van der Waals surface area contributed by atoms with E-state index in [4.69, 9.17) is 10.9 Å². The Morgan fingerprint density at radius 3 is 2.00 bits per heavy atom. The van der Waals surface area contributed by atoms with E-state index in [1.807, 2.05) is 13.0 Å². The molecule has 0 aliphatic rings. The minimum absolute atomic E-state index is 0.322. The average Bonchev–Trinajstić information content (AvgIpc) is 2.07. The van der Waals surface area contributed by atoms with Gasteiger partial charge in [-0.25, -0.2) is 0 Å². The van der Waals surface area contributed by atoms with Crippen LogP contribution in [-0.4, -0.2) is 11.7 Å². The van der Waals surface area contributed by atoms with Gasteiger partial charge < -0.3 is 5.11 Å². The lowest BCUT2D eigenvalue weighted by molar-refractivity contribution is 0.475. The Balaban J connectivity index is 0.000000218. The summed E-state index contributed by atoms with van der Waals surface area (Å²) >= 11 is 0. The van der Waals surface area contributed by atoms with Crippen LogP contribution in [0, 0.1) is 0 Å². The van der Waals surface area contributed by atoms with E-state index >= 15 is 0 Å². The maximum absolute atomic E-state index is 8.63. The largest absolute Gasteiger partial charge is 0.508 e. The van der Waals surface area contributed by atoms with Crippen LogP contribution in [0.25, 0.3) is 0 Å². The molecule has 0 aliphatic carbocycles. The lowest BCUT2D eigenvalue weighted by atomic mass is 10.3. The lowest BCUT2D eigenvalue weighted by Crippen LogP contribution is -2.20. The Bertz CT molecular complexity index is 163. The van der Waals surface area contributed by atoms with Crippen molar-refractivity contribution < 1.29 is 5.11 Å². The van der Waals surface area contributed by atoms with Gasteiger partial charge in [0.15, 0.2) is 0 Å². The Morgan fingerprint density at radius 1 is 1.36 bits per heavy atom. The molecule has 4 N–H and O–H groups in total. The highest BCUT2D eigenvalue weighted by Crippen LogP contribution is 2.02. The van der Waals surface area contributed by atoms with Crippen LogP contribution in [-0.2, 0) is 0 Å². The molecule has 0 saturated heterocycles. The summed E-state index contributed by atoms with van der Waals surface area (Å²) in [5.41, 5.74) is 2.43. The van der Waals surface area contributed by atoms with Crippen LogP contribution in [0.1, 0.15) is 6.92 Å². The van der Waals surface area contributed by atoms with Gasteiger partial charge in [-0.3, -0.25) is 11.3 Å². The number of nitrogens with one attached hydrogen (secondary N) is 1. The highest BCUT2D eigenvalue weighted by Gasteiger charge is 1.74. The molecule has 1 rings (SSSR count). The lowest BCUT2D eigenvalue weighted by Gasteiger charge is -1.82. The number of phenolic OH excluding ortho intramolecular Hbond substituents is 1. The summed E-state index contributed by atoms with van der Waals surface area (Å²) in [4.78, 5) is 0. The van der Waals surface area contributed by atoms with Gasteiger partial charge in [-0.2, -0.15) is 0 Å². The van der Waals surface area contributed by atoms with E-state index < -0.39 is 0 Å². The zero-order valence-electron chi connectivity index (χ0n) is 6.62. The van der Waals surface area contributed by atoms with Crippen molar-refractivity contribution in [1.29, 1.82) is 0 Å². The molecular weight excluding hydrogens is 140 g/mol. The molecule has 0 saturated carbocycles. The maximum Gasteiger partial charge on any atom is 0.115 e. The number of benzene rings is 1. The highest BCUT2D eigenvalue weighted by molar-refractivity contribution is 5.18. The normalized spacial score (nSPS) is 8.18. The highest BCUT2D eigenvalue weighted by atomic mass is 16.3. The van der Waals surface area contributed by atoms with Gasteiger partial charge in [0.1, 0.15) is 5.75 Å². The van der Waals surface area contributed by atoms with Crippen LogP contribution < -0.4 is 11.3 Å². The topological polar surface area (TPSA) is 58.3 Å². The van der Waals surface area contributed by atoms with E-state index in [1.165, 1.54) is 0 Å². The molecule has 0 aromatic heterocycles. The van der Waals surface area contributed by atoms with Gasteiger partial charge in [0, 0.05) is 6.54 Å². The molecule has 0 atom stereocenters. The van der Waals surface area contributed by atoms with Crippen molar-refractivity contribution in [1.82, 2.24) is 5.43 Å². The van der Waals surface area contributed by atoms with Gasteiger partial charge in [-0.15, -0.1) is 0 Å². The summed E-state index contributed by atoms with van der Waals surface area (Å²) in [7, 11) is 0. The van der Waals surface area contributed by atoms with Gasteiger partial charge in [0.05, 0.1) is 0 Å². The molecule has 0 unspecified atom stereocenters. The number of hydrogen-bond acceptors (Lipinski definition) is 3. The molecule has 11 heavy (non-hydrogen) atoms. The molecule has 1 aromatic rings. The summed E-state index contributed by atoms with van der Waals surface area (Å²) in [5.74, 6) is 5.10. The Morgan fingerprint density at radius 2 is 1.82 bits per heavy atom. The van der Waals surface area contributed by atoms with Crippen molar-refractivity contribution in [2.75, 3.05) is 6.54 Å². The quantitative estimate of drug-likeness (QED) is 0.415. The minimum Gasteiger partial charge on any atom is -0.508 e. The molecule has 3 nitrogen and oxygen atoms in total. The number of para-hydroxylation sites is 1. The van der Waals surface area contributed by atoms with Crippen LogP contribution in [0.3, 0.4) is 0 Å². The number of aromatic hydroxyl groups is 1. The van der Waals surface area contributed by atoms with Crippen LogP contribution in [0.15, 0.2) is 30.3 Å². The van der Waals surface area contributed by atoms with E-state index in [0.717, 1.165) is 6.54 Å². The first-order valence-electron chi connectivity index (χ1n) is 3.48. The Kier molecular flexibility index (Phi) is 6.37. The predicted octanol–water partition coefficient (Wildman–Crippen LogP) is 0.862. The van der Waals surface area contributed by atoms with Crippen molar-refractivity contribution >= 4 is 0 Å². The average molecular weight is 154 g/mol. The molecule has 1 aromatic carbocycles. The smallest absolute Gasteiger partial charge is 0.115 e. The standard InChI is InChI=1S/C6H6O.C2H8N2/c7-6-4-2-1-3-5-6;1-2-4-3/h1-5,7H;4H,2-3H2,1H3. The molecule has 0 bridgehead atoms. The third-order valence-electron chi connectivity index (χ3n) is 0.960. The third-order valence-corrected chi connectivity index (χ3v) is 0.960. The van der Waals surface area contributed by atoms with E-state index in [9.17, 15) is 0 Å². The fourth-order valence-corrected chi connectivity index (χ4v) is 0.428. The molecule has 3 heteroatoms. The molecular formula is C8H14N2O. The van der Waals surface area contributed by atoms with Crippen LogP contribution in [0.5, 0.6) is 5.75 Å². The van der Waals surface area contributed by atoms with Gasteiger partial charge >= 0.3 is 0 Å². The van der Waals surface area contributed by atoms with Crippen molar-refractivity contribution in [3.05, 3.63) is 30.3 Å². The SMILES string of the molecule is CCNN.Oc1ccccc1. The molecule has 62 valence electrons. The summed E-state index contributed by atoms with van der Waals surface area (Å²) in [6.07, 6.45) is 0. The Hall–Kier alpha value is -1.06. The summed E-state index contributed by atoms with van der Waals surface area (Å²) in [5, 5.41) is 8.63. The molecule has 0 heterocycles. The van der Waals surface area contributed by atoms with Crippen molar-refractivity contribution in [2.45, 2.75) is 6.92 Å². The fraction of sp³-hybridized carbons (Fsp3) is 0.250.